The molecular weight excluding hydrogens is 325 g/mol. The second kappa shape index (κ2) is 6.42. The minimum absolute atomic E-state index is 0.0110. The number of nitrogens with one attached hydrogen (secondary N) is 1. The van der Waals surface area contributed by atoms with Crippen LogP contribution in [0.15, 0.2) is 28.9 Å². The Hall–Kier alpha value is -1.92. The lowest BCUT2D eigenvalue weighted by atomic mass is 9.72. The minimum atomic E-state index is -0.468. The third-order valence-electron chi connectivity index (χ3n) is 5.60. The van der Waals surface area contributed by atoms with Crippen LogP contribution < -0.4 is 5.32 Å². The molecule has 2 heterocycles. The lowest BCUT2D eigenvalue weighted by molar-refractivity contribution is -0.0403. The highest BCUT2D eigenvalue weighted by molar-refractivity contribution is 6.05. The molecular formula is C19H22FNO4. The zero-order valence-electron chi connectivity index (χ0n) is 14.0. The maximum absolute atomic E-state index is 13.9. The van der Waals surface area contributed by atoms with E-state index in [2.05, 4.69) is 5.32 Å². The normalized spacial score (nSPS) is 21.2. The van der Waals surface area contributed by atoms with Crippen molar-refractivity contribution < 1.29 is 23.4 Å². The molecule has 6 heteroatoms. The Morgan fingerprint density at radius 3 is 2.80 bits per heavy atom. The molecule has 1 atom stereocenters. The van der Waals surface area contributed by atoms with Crippen LogP contribution in [0.3, 0.4) is 0 Å². The van der Waals surface area contributed by atoms with Gasteiger partial charge in [0, 0.05) is 30.1 Å². The molecule has 1 aromatic carbocycles. The number of aliphatic hydroxyl groups is 1. The summed E-state index contributed by atoms with van der Waals surface area (Å²) in [4.78, 5) is 12.9. The fraction of sp³-hybridized carbons (Fsp3) is 0.526. The summed E-state index contributed by atoms with van der Waals surface area (Å²) in [5.74, 6) is -0.463. The van der Waals surface area contributed by atoms with Crippen LogP contribution in [0, 0.1) is 17.2 Å². The first-order chi connectivity index (χ1) is 12.1. The molecule has 1 unspecified atom stereocenters. The van der Waals surface area contributed by atoms with Crippen molar-refractivity contribution in [2.75, 3.05) is 19.8 Å². The van der Waals surface area contributed by atoms with Crippen molar-refractivity contribution in [1.82, 2.24) is 5.32 Å². The zero-order valence-corrected chi connectivity index (χ0v) is 14.0. The number of furan rings is 1. The number of aliphatic hydroxyl groups excluding tert-OH is 1. The van der Waals surface area contributed by atoms with Gasteiger partial charge in [0.15, 0.2) is 0 Å². The fourth-order valence-corrected chi connectivity index (χ4v) is 3.98. The predicted molar refractivity (Wildman–Crippen MR) is 89.7 cm³/mol. The highest BCUT2D eigenvalue weighted by atomic mass is 19.1. The molecule has 1 aromatic heterocycles. The molecule has 5 nitrogen and oxygen atoms in total. The van der Waals surface area contributed by atoms with E-state index in [1.807, 2.05) is 0 Å². The fourth-order valence-electron chi connectivity index (χ4n) is 3.98. The van der Waals surface area contributed by atoms with Crippen LogP contribution in [-0.4, -0.2) is 36.9 Å². The van der Waals surface area contributed by atoms with Gasteiger partial charge in [0.05, 0.1) is 18.4 Å². The van der Waals surface area contributed by atoms with E-state index in [-0.39, 0.29) is 29.5 Å². The molecule has 2 aromatic rings. The van der Waals surface area contributed by atoms with Gasteiger partial charge >= 0.3 is 0 Å². The number of fused-ring (bicyclic) bond motifs is 1. The number of rotatable bonds is 5. The molecule has 4 rings (SSSR count). The number of hydrogen-bond donors (Lipinski definition) is 2. The second-order valence-electron chi connectivity index (χ2n) is 7.21. The van der Waals surface area contributed by atoms with Crippen LogP contribution in [0.4, 0.5) is 4.39 Å². The molecule has 2 fully saturated rings. The van der Waals surface area contributed by atoms with E-state index in [0.717, 1.165) is 12.8 Å². The van der Waals surface area contributed by atoms with Crippen LogP contribution in [0.25, 0.3) is 11.0 Å². The second-order valence-corrected chi connectivity index (χ2v) is 7.21. The molecule has 25 heavy (non-hydrogen) atoms. The summed E-state index contributed by atoms with van der Waals surface area (Å²) in [5.41, 5.74) is 0.217. The number of hydrogen-bond acceptors (Lipinski definition) is 4. The van der Waals surface area contributed by atoms with Gasteiger partial charge in [-0.2, -0.15) is 0 Å². The van der Waals surface area contributed by atoms with Crippen molar-refractivity contribution in [3.8, 4) is 0 Å². The SMILES string of the molecule is O=C(NC(C1CC1)C1(CO)CCOCC1)c1cc(F)cc2ccoc12. The maximum atomic E-state index is 13.9. The van der Waals surface area contributed by atoms with Gasteiger partial charge in [0.25, 0.3) is 5.91 Å². The first-order valence-corrected chi connectivity index (χ1v) is 8.79. The van der Waals surface area contributed by atoms with Gasteiger partial charge in [0.1, 0.15) is 11.4 Å². The Kier molecular flexibility index (Phi) is 4.25. The van der Waals surface area contributed by atoms with E-state index >= 15 is 0 Å². The zero-order chi connectivity index (χ0) is 17.4. The van der Waals surface area contributed by atoms with Crippen molar-refractivity contribution in [2.45, 2.75) is 31.7 Å². The first kappa shape index (κ1) is 16.5. The predicted octanol–water partition coefficient (Wildman–Crippen LogP) is 2.87. The maximum Gasteiger partial charge on any atom is 0.255 e. The summed E-state index contributed by atoms with van der Waals surface area (Å²) < 4.78 is 24.7. The number of carbonyl (C=O) groups is 1. The lowest BCUT2D eigenvalue weighted by Gasteiger charge is -2.42. The largest absolute Gasteiger partial charge is 0.464 e. The molecule has 0 spiro atoms. The third kappa shape index (κ3) is 3.04. The average Bonchev–Trinajstić information content (AvgIpc) is 3.36. The van der Waals surface area contributed by atoms with E-state index in [9.17, 15) is 14.3 Å². The molecule has 2 aliphatic rings. The number of halogens is 1. The van der Waals surface area contributed by atoms with E-state index in [4.69, 9.17) is 9.15 Å². The molecule has 1 saturated carbocycles. The quantitative estimate of drug-likeness (QED) is 0.872. The lowest BCUT2D eigenvalue weighted by Crippen LogP contribution is -2.53. The van der Waals surface area contributed by atoms with Gasteiger partial charge < -0.3 is 19.6 Å². The highest BCUT2D eigenvalue weighted by Crippen LogP contribution is 2.45. The number of carbonyl (C=O) groups excluding carboxylic acids is 1. The summed E-state index contributed by atoms with van der Waals surface area (Å²) in [7, 11) is 0. The number of ether oxygens (including phenoxy) is 1. The topological polar surface area (TPSA) is 71.7 Å². The average molecular weight is 347 g/mol. The van der Waals surface area contributed by atoms with Crippen molar-refractivity contribution in [1.29, 1.82) is 0 Å². The molecule has 1 aliphatic heterocycles. The Labute approximate surface area is 145 Å². The molecule has 2 N–H and O–H groups in total. The monoisotopic (exact) mass is 347 g/mol. The molecule has 1 amide bonds. The van der Waals surface area contributed by atoms with Crippen molar-refractivity contribution >= 4 is 16.9 Å². The van der Waals surface area contributed by atoms with Crippen molar-refractivity contribution in [3.63, 3.8) is 0 Å². The van der Waals surface area contributed by atoms with E-state index < -0.39 is 5.82 Å². The van der Waals surface area contributed by atoms with Gasteiger partial charge in [-0.3, -0.25) is 4.79 Å². The van der Waals surface area contributed by atoms with Gasteiger partial charge in [-0.1, -0.05) is 0 Å². The van der Waals surface area contributed by atoms with Gasteiger partial charge in [-0.25, -0.2) is 4.39 Å². The molecule has 0 bridgehead atoms. The van der Waals surface area contributed by atoms with Crippen LogP contribution in [0.5, 0.6) is 0 Å². The van der Waals surface area contributed by atoms with Gasteiger partial charge in [0.2, 0.25) is 0 Å². The van der Waals surface area contributed by atoms with Crippen LogP contribution >= 0.6 is 0 Å². The van der Waals surface area contributed by atoms with Crippen LogP contribution in [-0.2, 0) is 4.74 Å². The molecule has 1 aliphatic carbocycles. The Bertz CT molecular complexity index is 777. The standard InChI is InChI=1S/C19H22FNO4/c20-14-9-13-3-6-25-16(13)15(10-14)18(23)21-17(12-1-2-12)19(11-22)4-7-24-8-5-19/h3,6,9-10,12,17,22H,1-2,4-5,7-8,11H2,(H,21,23). The summed E-state index contributed by atoms with van der Waals surface area (Å²) >= 11 is 0. The number of benzene rings is 1. The summed E-state index contributed by atoms with van der Waals surface area (Å²) in [6.07, 6.45) is 4.95. The Morgan fingerprint density at radius 1 is 1.36 bits per heavy atom. The third-order valence-corrected chi connectivity index (χ3v) is 5.60. The van der Waals surface area contributed by atoms with Gasteiger partial charge in [-0.15, -0.1) is 0 Å². The minimum Gasteiger partial charge on any atom is -0.464 e. The molecule has 1 saturated heterocycles. The number of amides is 1. The van der Waals surface area contributed by atoms with Crippen molar-refractivity contribution in [3.05, 3.63) is 35.8 Å². The summed E-state index contributed by atoms with van der Waals surface area (Å²) in [6.45, 7) is 1.18. The Morgan fingerprint density at radius 2 is 2.12 bits per heavy atom. The van der Waals surface area contributed by atoms with E-state index in [1.165, 1.54) is 18.4 Å². The highest BCUT2D eigenvalue weighted by Gasteiger charge is 2.48. The smallest absolute Gasteiger partial charge is 0.255 e. The summed E-state index contributed by atoms with van der Waals surface area (Å²) in [5, 5.41) is 13.7. The Balaban J connectivity index is 1.64. The van der Waals surface area contributed by atoms with Gasteiger partial charge in [-0.05, 0) is 49.8 Å². The van der Waals surface area contributed by atoms with E-state index in [0.29, 0.717) is 42.9 Å². The summed E-state index contributed by atoms with van der Waals surface area (Å²) in [6, 6.07) is 4.06. The van der Waals surface area contributed by atoms with Crippen LogP contribution in [0.2, 0.25) is 0 Å². The first-order valence-electron chi connectivity index (χ1n) is 8.79. The molecule has 134 valence electrons. The van der Waals surface area contributed by atoms with Crippen LogP contribution in [0.1, 0.15) is 36.0 Å². The molecule has 0 radical (unpaired) electrons. The van der Waals surface area contributed by atoms with Crippen molar-refractivity contribution in [2.24, 2.45) is 11.3 Å². The van der Waals surface area contributed by atoms with E-state index in [1.54, 1.807) is 6.07 Å².